The lowest BCUT2D eigenvalue weighted by Gasteiger charge is -2.26. The fourth-order valence-electron chi connectivity index (χ4n) is 3.58. The molecule has 3 aromatic heterocycles. The molecule has 2 amide bonds. The molecule has 146 valence electrons. The third kappa shape index (κ3) is 3.42. The standard InChI is InChI=1S/C21H18N4O3S/c26-19(10-13-11-22-15-5-2-1-4-14(13)15)25-8-7-16-18(12-25)29-21(23-16)24-20(27)17-6-3-9-28-17/h1-6,9,11,22H,7-8,10,12H2,(H,23,24,27). The fourth-order valence-corrected chi connectivity index (χ4v) is 4.60. The van der Waals surface area contributed by atoms with Crippen LogP contribution in [-0.4, -0.2) is 33.2 Å². The van der Waals surface area contributed by atoms with Crippen molar-refractivity contribution in [3.63, 3.8) is 0 Å². The molecule has 4 aromatic rings. The molecule has 1 aliphatic rings. The highest BCUT2D eigenvalue weighted by Crippen LogP contribution is 2.29. The van der Waals surface area contributed by atoms with Crippen LogP contribution in [0.25, 0.3) is 10.9 Å². The smallest absolute Gasteiger partial charge is 0.293 e. The second-order valence-electron chi connectivity index (χ2n) is 6.92. The third-order valence-electron chi connectivity index (χ3n) is 5.07. The van der Waals surface area contributed by atoms with Crippen molar-refractivity contribution in [2.75, 3.05) is 11.9 Å². The summed E-state index contributed by atoms with van der Waals surface area (Å²) in [4.78, 5) is 35.6. The van der Waals surface area contributed by atoms with Crippen molar-refractivity contribution in [3.05, 3.63) is 70.8 Å². The van der Waals surface area contributed by atoms with Crippen molar-refractivity contribution >= 4 is 39.2 Å². The van der Waals surface area contributed by atoms with Gasteiger partial charge in [-0.2, -0.15) is 0 Å². The topological polar surface area (TPSA) is 91.2 Å². The number of hydrogen-bond donors (Lipinski definition) is 2. The molecule has 0 aliphatic carbocycles. The van der Waals surface area contributed by atoms with Crippen LogP contribution in [0, 0.1) is 0 Å². The molecule has 1 aromatic carbocycles. The normalized spacial score (nSPS) is 13.4. The number of nitrogens with one attached hydrogen (secondary N) is 2. The average molecular weight is 406 g/mol. The van der Waals surface area contributed by atoms with E-state index in [-0.39, 0.29) is 17.6 Å². The molecule has 0 fully saturated rings. The van der Waals surface area contributed by atoms with Gasteiger partial charge < -0.3 is 14.3 Å². The summed E-state index contributed by atoms with van der Waals surface area (Å²) in [7, 11) is 0. The minimum Gasteiger partial charge on any atom is -0.459 e. The number of hydrogen-bond acceptors (Lipinski definition) is 5. The molecule has 0 bridgehead atoms. The number of benzene rings is 1. The Balaban J connectivity index is 1.27. The number of carbonyl (C=O) groups excluding carboxylic acids is 2. The van der Waals surface area contributed by atoms with Crippen molar-refractivity contribution in [1.82, 2.24) is 14.9 Å². The zero-order valence-electron chi connectivity index (χ0n) is 15.5. The van der Waals surface area contributed by atoms with Crippen LogP contribution in [0.3, 0.4) is 0 Å². The number of amides is 2. The molecule has 4 heterocycles. The summed E-state index contributed by atoms with van der Waals surface area (Å²) in [6.45, 7) is 1.15. The second-order valence-corrected chi connectivity index (χ2v) is 8.01. The summed E-state index contributed by atoms with van der Waals surface area (Å²) in [6.07, 6.45) is 4.41. The molecule has 0 saturated carbocycles. The lowest BCUT2D eigenvalue weighted by Crippen LogP contribution is -2.36. The van der Waals surface area contributed by atoms with Crippen LogP contribution in [-0.2, 0) is 24.2 Å². The van der Waals surface area contributed by atoms with E-state index in [1.54, 1.807) is 12.1 Å². The lowest BCUT2D eigenvalue weighted by molar-refractivity contribution is -0.131. The summed E-state index contributed by atoms with van der Waals surface area (Å²) >= 11 is 1.41. The summed E-state index contributed by atoms with van der Waals surface area (Å²) in [5.41, 5.74) is 2.99. The maximum atomic E-state index is 12.9. The number of carbonyl (C=O) groups is 2. The molecule has 0 unspecified atom stereocenters. The highest BCUT2D eigenvalue weighted by Gasteiger charge is 2.25. The number of furan rings is 1. The van der Waals surface area contributed by atoms with Crippen molar-refractivity contribution in [3.8, 4) is 0 Å². The first-order chi connectivity index (χ1) is 14.2. The molecule has 29 heavy (non-hydrogen) atoms. The van der Waals surface area contributed by atoms with Gasteiger partial charge in [-0.1, -0.05) is 29.5 Å². The van der Waals surface area contributed by atoms with Crippen LogP contribution >= 0.6 is 11.3 Å². The molecule has 0 atom stereocenters. The number of H-pyrrole nitrogens is 1. The number of anilines is 1. The number of aromatic nitrogens is 2. The van der Waals surface area contributed by atoms with E-state index in [2.05, 4.69) is 15.3 Å². The van der Waals surface area contributed by atoms with E-state index >= 15 is 0 Å². The number of para-hydroxylation sites is 1. The van der Waals surface area contributed by atoms with E-state index in [1.807, 2.05) is 35.4 Å². The predicted molar refractivity (Wildman–Crippen MR) is 110 cm³/mol. The zero-order chi connectivity index (χ0) is 19.8. The molecular formula is C21H18N4O3S. The minimum atomic E-state index is -0.326. The van der Waals surface area contributed by atoms with Gasteiger partial charge in [0, 0.05) is 34.9 Å². The van der Waals surface area contributed by atoms with Crippen LogP contribution in [0.15, 0.2) is 53.3 Å². The first kappa shape index (κ1) is 17.7. The monoisotopic (exact) mass is 406 g/mol. The highest BCUT2D eigenvalue weighted by molar-refractivity contribution is 7.15. The van der Waals surface area contributed by atoms with Crippen LogP contribution < -0.4 is 5.32 Å². The van der Waals surface area contributed by atoms with E-state index in [1.165, 1.54) is 17.6 Å². The van der Waals surface area contributed by atoms with Crippen LogP contribution in [0.4, 0.5) is 5.13 Å². The first-order valence-electron chi connectivity index (χ1n) is 9.33. The predicted octanol–water partition coefficient (Wildman–Crippen LogP) is 3.60. The van der Waals surface area contributed by atoms with Gasteiger partial charge in [0.2, 0.25) is 5.91 Å². The van der Waals surface area contributed by atoms with Gasteiger partial charge in [-0.05, 0) is 23.8 Å². The van der Waals surface area contributed by atoms with Crippen LogP contribution in [0.2, 0.25) is 0 Å². The van der Waals surface area contributed by atoms with Crippen molar-refractivity contribution in [2.24, 2.45) is 0 Å². The van der Waals surface area contributed by atoms with Crippen molar-refractivity contribution < 1.29 is 14.0 Å². The summed E-state index contributed by atoms with van der Waals surface area (Å²) < 4.78 is 5.11. The molecular weight excluding hydrogens is 388 g/mol. The van der Waals surface area contributed by atoms with E-state index < -0.39 is 0 Å². The molecule has 2 N–H and O–H groups in total. The molecule has 8 heteroatoms. The van der Waals surface area contributed by atoms with Gasteiger partial charge in [-0.15, -0.1) is 0 Å². The molecule has 5 rings (SSSR count). The molecule has 0 saturated heterocycles. The Morgan fingerprint density at radius 3 is 3.00 bits per heavy atom. The number of aromatic amines is 1. The Morgan fingerprint density at radius 2 is 2.14 bits per heavy atom. The molecule has 1 aliphatic heterocycles. The van der Waals surface area contributed by atoms with Gasteiger partial charge in [0.1, 0.15) is 0 Å². The summed E-state index contributed by atoms with van der Waals surface area (Å²) in [6, 6.07) is 11.3. The quantitative estimate of drug-likeness (QED) is 0.542. The fraction of sp³-hybridized carbons (Fsp3) is 0.190. The Kier molecular flexibility index (Phi) is 4.40. The molecule has 7 nitrogen and oxygen atoms in total. The van der Waals surface area contributed by atoms with Gasteiger partial charge >= 0.3 is 0 Å². The van der Waals surface area contributed by atoms with Gasteiger partial charge in [-0.25, -0.2) is 4.98 Å². The number of nitrogens with zero attached hydrogens (tertiary/aromatic N) is 2. The maximum absolute atomic E-state index is 12.9. The van der Waals surface area contributed by atoms with E-state index in [0.717, 1.165) is 27.0 Å². The number of rotatable bonds is 4. The largest absolute Gasteiger partial charge is 0.459 e. The Bertz CT molecular complexity index is 1190. The average Bonchev–Trinajstić information content (AvgIpc) is 3.47. The van der Waals surface area contributed by atoms with Gasteiger partial charge in [0.05, 0.1) is 24.9 Å². The zero-order valence-corrected chi connectivity index (χ0v) is 16.3. The molecule has 0 spiro atoms. The van der Waals surface area contributed by atoms with Crippen LogP contribution in [0.1, 0.15) is 26.7 Å². The SMILES string of the molecule is O=C(Nc1nc2c(s1)CN(C(=O)Cc1c[nH]c3ccccc13)CC2)c1ccco1. The minimum absolute atomic E-state index is 0.0926. The highest BCUT2D eigenvalue weighted by atomic mass is 32.1. The summed E-state index contributed by atoms with van der Waals surface area (Å²) in [5.74, 6) is 0.0112. The van der Waals surface area contributed by atoms with Crippen molar-refractivity contribution in [2.45, 2.75) is 19.4 Å². The Labute approximate surface area is 170 Å². The second kappa shape index (κ2) is 7.21. The lowest BCUT2D eigenvalue weighted by atomic mass is 10.1. The van der Waals surface area contributed by atoms with Gasteiger partial charge in [0.15, 0.2) is 10.9 Å². The van der Waals surface area contributed by atoms with E-state index in [4.69, 9.17) is 4.42 Å². The van der Waals surface area contributed by atoms with Gasteiger partial charge in [-0.3, -0.25) is 14.9 Å². The first-order valence-corrected chi connectivity index (χ1v) is 10.2. The maximum Gasteiger partial charge on any atom is 0.293 e. The molecule has 0 radical (unpaired) electrons. The number of fused-ring (bicyclic) bond motifs is 2. The Morgan fingerprint density at radius 1 is 1.24 bits per heavy atom. The van der Waals surface area contributed by atoms with E-state index in [0.29, 0.717) is 31.1 Å². The summed E-state index contributed by atoms with van der Waals surface area (Å²) in [5, 5.41) is 4.38. The number of thiazole rings is 1. The van der Waals surface area contributed by atoms with E-state index in [9.17, 15) is 9.59 Å². The third-order valence-corrected chi connectivity index (χ3v) is 6.06. The van der Waals surface area contributed by atoms with Crippen molar-refractivity contribution in [1.29, 1.82) is 0 Å². The van der Waals surface area contributed by atoms with Crippen LogP contribution in [0.5, 0.6) is 0 Å². The Hall–Kier alpha value is -3.39. The van der Waals surface area contributed by atoms with Gasteiger partial charge in [0.25, 0.3) is 5.91 Å².